The fourth-order valence-corrected chi connectivity index (χ4v) is 5.95. The van der Waals surface area contributed by atoms with Gasteiger partial charge >= 0.3 is 0 Å². The molecular formula is C32H40ClN3O6S. The molecular weight excluding hydrogens is 590 g/mol. The van der Waals surface area contributed by atoms with Crippen LogP contribution < -0.4 is 19.1 Å². The number of anilines is 1. The number of hydrogen-bond acceptors (Lipinski definition) is 6. The first-order valence-corrected chi connectivity index (χ1v) is 16.0. The maximum atomic E-state index is 14.2. The summed E-state index contributed by atoms with van der Waals surface area (Å²) in [4.78, 5) is 28.9. The van der Waals surface area contributed by atoms with Gasteiger partial charge in [-0.05, 0) is 85.5 Å². The second kappa shape index (κ2) is 15.6. The van der Waals surface area contributed by atoms with Crippen LogP contribution in [-0.2, 0) is 26.2 Å². The van der Waals surface area contributed by atoms with Crippen molar-refractivity contribution in [3.05, 3.63) is 83.4 Å². The number of nitrogens with one attached hydrogen (secondary N) is 1. The normalized spacial score (nSPS) is 12.0. The zero-order valence-electron chi connectivity index (χ0n) is 25.2. The average molecular weight is 630 g/mol. The summed E-state index contributed by atoms with van der Waals surface area (Å²) >= 11 is 6.02. The maximum Gasteiger partial charge on any atom is 0.264 e. The third kappa shape index (κ3) is 9.11. The maximum absolute atomic E-state index is 14.2. The Labute approximate surface area is 259 Å². The third-order valence-corrected chi connectivity index (χ3v) is 8.74. The standard InChI is InChI=1S/C32H40ClN3O6S/c1-6-30(32(38)34-20-23(3)4)35(21-24-8-14-27(41-5)15-9-24)31(37)22-36(26-12-16-28(17-13-26)42-7-2)43(39,40)29-18-10-25(33)11-19-29/h8-19,23,30H,6-7,20-22H2,1-5H3,(H,34,38)/t30-/m1/s1. The molecule has 1 N–H and O–H groups in total. The van der Waals surface area contributed by atoms with Gasteiger partial charge in [-0.1, -0.05) is 44.5 Å². The quantitative estimate of drug-likeness (QED) is 0.237. The molecule has 11 heteroatoms. The SMILES string of the molecule is CCOc1ccc(N(CC(=O)N(Cc2ccc(OC)cc2)[C@H](CC)C(=O)NCC(C)C)S(=O)(=O)c2ccc(Cl)cc2)cc1. The predicted molar refractivity (Wildman–Crippen MR) is 169 cm³/mol. The van der Waals surface area contributed by atoms with E-state index >= 15 is 0 Å². The van der Waals surface area contributed by atoms with E-state index in [9.17, 15) is 18.0 Å². The molecule has 0 heterocycles. The van der Waals surface area contributed by atoms with Crippen LogP contribution in [-0.4, -0.2) is 58.0 Å². The Hall–Kier alpha value is -3.76. The highest BCUT2D eigenvalue weighted by molar-refractivity contribution is 7.92. The zero-order valence-corrected chi connectivity index (χ0v) is 26.8. The highest BCUT2D eigenvalue weighted by atomic mass is 35.5. The molecule has 0 saturated carbocycles. The summed E-state index contributed by atoms with van der Waals surface area (Å²) in [6.45, 7) is 8.09. The van der Waals surface area contributed by atoms with E-state index in [1.54, 1.807) is 43.5 Å². The Kier molecular flexibility index (Phi) is 12.3. The number of ether oxygens (including phenoxy) is 2. The number of amides is 2. The van der Waals surface area contributed by atoms with Crippen LogP contribution in [0.15, 0.2) is 77.7 Å². The molecule has 232 valence electrons. The highest BCUT2D eigenvalue weighted by Crippen LogP contribution is 2.28. The van der Waals surface area contributed by atoms with Crippen molar-refractivity contribution in [1.82, 2.24) is 10.2 Å². The Morgan fingerprint density at radius 1 is 0.907 bits per heavy atom. The van der Waals surface area contributed by atoms with Crippen LogP contribution >= 0.6 is 11.6 Å². The van der Waals surface area contributed by atoms with Crippen LogP contribution in [0.5, 0.6) is 11.5 Å². The van der Waals surface area contributed by atoms with Crippen LogP contribution in [0.25, 0.3) is 0 Å². The van der Waals surface area contributed by atoms with Crippen molar-refractivity contribution >= 4 is 39.1 Å². The summed E-state index contributed by atoms with van der Waals surface area (Å²) in [5.74, 6) is 0.599. The van der Waals surface area contributed by atoms with Gasteiger partial charge < -0.3 is 19.7 Å². The lowest BCUT2D eigenvalue weighted by Crippen LogP contribution is -2.52. The number of benzene rings is 3. The number of sulfonamides is 1. The third-order valence-electron chi connectivity index (χ3n) is 6.70. The van der Waals surface area contributed by atoms with Gasteiger partial charge in [0.05, 0.1) is 24.3 Å². The first-order chi connectivity index (χ1) is 20.5. The second-order valence-electron chi connectivity index (χ2n) is 10.3. The first kappa shape index (κ1) is 33.7. The molecule has 9 nitrogen and oxygen atoms in total. The van der Waals surface area contributed by atoms with E-state index in [-0.39, 0.29) is 29.0 Å². The molecule has 0 radical (unpaired) electrons. The van der Waals surface area contributed by atoms with Gasteiger partial charge in [0, 0.05) is 18.1 Å². The molecule has 1 atom stereocenters. The van der Waals surface area contributed by atoms with Crippen LogP contribution in [0.1, 0.15) is 39.7 Å². The molecule has 3 aromatic rings. The Balaban J connectivity index is 2.04. The number of carbonyl (C=O) groups excluding carboxylic acids is 2. The molecule has 0 unspecified atom stereocenters. The molecule has 0 fully saturated rings. The number of rotatable bonds is 15. The van der Waals surface area contributed by atoms with Crippen molar-refractivity contribution in [1.29, 1.82) is 0 Å². The predicted octanol–water partition coefficient (Wildman–Crippen LogP) is 5.52. The minimum absolute atomic E-state index is 0.0259. The smallest absolute Gasteiger partial charge is 0.264 e. The average Bonchev–Trinajstić information content (AvgIpc) is 2.99. The van der Waals surface area contributed by atoms with Crippen molar-refractivity contribution in [2.45, 2.75) is 51.6 Å². The Morgan fingerprint density at radius 2 is 1.51 bits per heavy atom. The monoisotopic (exact) mass is 629 g/mol. The fraction of sp³-hybridized carbons (Fsp3) is 0.375. The van der Waals surface area contributed by atoms with Gasteiger partial charge in [0.1, 0.15) is 24.1 Å². The van der Waals surface area contributed by atoms with Gasteiger partial charge in [-0.3, -0.25) is 13.9 Å². The molecule has 0 aliphatic carbocycles. The van der Waals surface area contributed by atoms with Crippen molar-refractivity contribution < 1.29 is 27.5 Å². The number of hydrogen-bond donors (Lipinski definition) is 1. The molecule has 43 heavy (non-hydrogen) atoms. The molecule has 0 spiro atoms. The van der Waals surface area contributed by atoms with Gasteiger partial charge in [0.2, 0.25) is 11.8 Å². The van der Waals surface area contributed by atoms with Crippen molar-refractivity contribution in [2.24, 2.45) is 5.92 Å². The molecule has 0 aliphatic heterocycles. The first-order valence-electron chi connectivity index (χ1n) is 14.2. The van der Waals surface area contributed by atoms with Gasteiger partial charge in [-0.15, -0.1) is 0 Å². The lowest BCUT2D eigenvalue weighted by atomic mass is 10.1. The van der Waals surface area contributed by atoms with E-state index in [4.69, 9.17) is 21.1 Å². The van der Waals surface area contributed by atoms with E-state index in [0.29, 0.717) is 36.1 Å². The molecule has 0 aromatic heterocycles. The van der Waals surface area contributed by atoms with Gasteiger partial charge in [-0.25, -0.2) is 8.42 Å². The van der Waals surface area contributed by atoms with Gasteiger partial charge in [-0.2, -0.15) is 0 Å². The lowest BCUT2D eigenvalue weighted by molar-refractivity contribution is -0.140. The minimum atomic E-state index is -4.21. The Bertz CT molecular complexity index is 1450. The van der Waals surface area contributed by atoms with E-state index in [2.05, 4.69) is 5.32 Å². The summed E-state index contributed by atoms with van der Waals surface area (Å²) in [5.41, 5.74) is 1.03. The molecule has 0 bridgehead atoms. The number of nitrogens with zero attached hydrogens (tertiary/aromatic N) is 2. The summed E-state index contributed by atoms with van der Waals surface area (Å²) in [6, 6.07) is 18.6. The molecule has 0 aliphatic rings. The van der Waals surface area contributed by atoms with Crippen molar-refractivity contribution in [3.8, 4) is 11.5 Å². The summed E-state index contributed by atoms with van der Waals surface area (Å²) in [7, 11) is -2.65. The lowest BCUT2D eigenvalue weighted by Gasteiger charge is -2.33. The molecule has 3 aromatic carbocycles. The van der Waals surface area contributed by atoms with Crippen molar-refractivity contribution in [2.75, 3.05) is 31.1 Å². The van der Waals surface area contributed by atoms with Crippen LogP contribution in [0.4, 0.5) is 5.69 Å². The molecule has 3 rings (SSSR count). The Morgan fingerprint density at radius 3 is 2.05 bits per heavy atom. The summed E-state index contributed by atoms with van der Waals surface area (Å²) in [6.07, 6.45) is 0.332. The van der Waals surface area contributed by atoms with Crippen LogP contribution in [0.3, 0.4) is 0 Å². The second-order valence-corrected chi connectivity index (χ2v) is 12.6. The number of halogens is 1. The van der Waals surface area contributed by atoms with E-state index in [1.807, 2.05) is 39.8 Å². The number of carbonyl (C=O) groups is 2. The van der Waals surface area contributed by atoms with E-state index in [1.165, 1.54) is 29.2 Å². The van der Waals surface area contributed by atoms with Crippen LogP contribution in [0.2, 0.25) is 5.02 Å². The van der Waals surface area contributed by atoms with Gasteiger partial charge in [0.25, 0.3) is 10.0 Å². The van der Waals surface area contributed by atoms with E-state index < -0.39 is 28.5 Å². The van der Waals surface area contributed by atoms with Crippen LogP contribution in [0, 0.1) is 5.92 Å². The van der Waals surface area contributed by atoms with E-state index in [0.717, 1.165) is 9.87 Å². The largest absolute Gasteiger partial charge is 0.497 e. The zero-order chi connectivity index (χ0) is 31.6. The molecule has 2 amide bonds. The topological polar surface area (TPSA) is 105 Å². The molecule has 0 saturated heterocycles. The number of methoxy groups -OCH3 is 1. The highest BCUT2D eigenvalue weighted by Gasteiger charge is 2.33. The van der Waals surface area contributed by atoms with Crippen molar-refractivity contribution in [3.63, 3.8) is 0 Å². The minimum Gasteiger partial charge on any atom is -0.497 e. The van der Waals surface area contributed by atoms with Gasteiger partial charge in [0.15, 0.2) is 0 Å². The summed E-state index contributed by atoms with van der Waals surface area (Å²) < 4.78 is 39.8. The summed E-state index contributed by atoms with van der Waals surface area (Å²) in [5, 5.41) is 3.31. The fourth-order valence-electron chi connectivity index (χ4n) is 4.41.